The summed E-state index contributed by atoms with van der Waals surface area (Å²) in [5.41, 5.74) is 2.13. The minimum Gasteiger partial charge on any atom is -0.302 e. The highest BCUT2D eigenvalue weighted by Crippen LogP contribution is 2.15. The van der Waals surface area contributed by atoms with Gasteiger partial charge in [0.05, 0.1) is 0 Å². The third-order valence-corrected chi connectivity index (χ3v) is 3.13. The predicted molar refractivity (Wildman–Crippen MR) is 84.5 cm³/mol. The number of benzene rings is 2. The Labute approximate surface area is 124 Å². The maximum absolute atomic E-state index is 12.4. The van der Waals surface area contributed by atoms with Crippen molar-refractivity contribution in [3.05, 3.63) is 78.4 Å². The number of rotatable bonds is 5. The highest BCUT2D eigenvalue weighted by molar-refractivity contribution is 6.47. The van der Waals surface area contributed by atoms with E-state index in [9.17, 15) is 9.59 Å². The topological polar surface area (TPSA) is 37.4 Å². The molecule has 0 aliphatic rings. The van der Waals surface area contributed by atoms with Gasteiger partial charge >= 0.3 is 0 Å². The maximum atomic E-state index is 12.4. The summed E-state index contributed by atoms with van der Waals surface area (Å²) < 4.78 is 0. The van der Waals surface area contributed by atoms with E-state index in [2.05, 4.69) is 6.58 Å². The monoisotopic (exact) mass is 279 g/mol. The molecule has 21 heavy (non-hydrogen) atoms. The Balaban J connectivity index is 2.28. The molecule has 0 N–H and O–H groups in total. The number of Topliss-reactive ketones (excluding diaryl/α,β-unsaturated/α-hetero) is 1. The van der Waals surface area contributed by atoms with Gasteiger partial charge in [-0.15, -0.1) is 6.58 Å². The van der Waals surface area contributed by atoms with Crippen LogP contribution < -0.4 is 4.90 Å². The lowest BCUT2D eigenvalue weighted by Gasteiger charge is -2.20. The van der Waals surface area contributed by atoms with Gasteiger partial charge in [0, 0.05) is 17.8 Å². The van der Waals surface area contributed by atoms with Crippen molar-refractivity contribution >= 4 is 17.4 Å². The van der Waals surface area contributed by atoms with Crippen molar-refractivity contribution in [3.63, 3.8) is 0 Å². The van der Waals surface area contributed by atoms with Gasteiger partial charge in [0.2, 0.25) is 0 Å². The number of carbonyl (C=O) groups is 2. The van der Waals surface area contributed by atoms with E-state index in [1.807, 2.05) is 37.3 Å². The molecule has 0 bridgehead atoms. The van der Waals surface area contributed by atoms with Gasteiger partial charge in [-0.2, -0.15) is 0 Å². The molecule has 2 aromatic carbocycles. The smallest absolute Gasteiger partial charge is 0.299 e. The van der Waals surface area contributed by atoms with Crippen LogP contribution >= 0.6 is 0 Å². The van der Waals surface area contributed by atoms with Crippen molar-refractivity contribution in [2.45, 2.75) is 6.92 Å². The van der Waals surface area contributed by atoms with E-state index in [1.54, 1.807) is 30.3 Å². The molecule has 0 unspecified atom stereocenters. The van der Waals surface area contributed by atoms with Gasteiger partial charge in [-0.25, -0.2) is 0 Å². The number of carbonyl (C=O) groups excluding carboxylic acids is 2. The molecular weight excluding hydrogens is 262 g/mol. The fourth-order valence-corrected chi connectivity index (χ4v) is 1.99. The molecule has 0 fully saturated rings. The average molecular weight is 279 g/mol. The number of para-hydroxylation sites is 1. The highest BCUT2D eigenvalue weighted by Gasteiger charge is 2.23. The average Bonchev–Trinajstić information content (AvgIpc) is 2.53. The molecule has 2 aromatic rings. The van der Waals surface area contributed by atoms with Gasteiger partial charge in [-0.05, 0) is 19.1 Å². The zero-order chi connectivity index (χ0) is 15.2. The second kappa shape index (κ2) is 6.66. The summed E-state index contributed by atoms with van der Waals surface area (Å²) in [6.07, 6.45) is 1.60. The number of nitrogens with zero attached hydrogens (tertiary/aromatic N) is 1. The second-order valence-corrected chi connectivity index (χ2v) is 4.74. The first-order chi connectivity index (χ1) is 10.1. The number of aryl methyl sites for hydroxylation is 1. The summed E-state index contributed by atoms with van der Waals surface area (Å²) >= 11 is 0. The van der Waals surface area contributed by atoms with Crippen LogP contribution in [0.2, 0.25) is 0 Å². The van der Waals surface area contributed by atoms with Crippen LogP contribution in [0, 0.1) is 6.92 Å². The lowest BCUT2D eigenvalue weighted by Crippen LogP contribution is -2.36. The minimum absolute atomic E-state index is 0.292. The largest absolute Gasteiger partial charge is 0.302 e. The lowest BCUT2D eigenvalue weighted by molar-refractivity contribution is -0.114. The Bertz CT molecular complexity index is 645. The molecule has 0 spiro atoms. The summed E-state index contributed by atoms with van der Waals surface area (Å²) in [6.45, 7) is 5.87. The Hall–Kier alpha value is -2.68. The predicted octanol–water partition coefficient (Wildman–Crippen LogP) is 3.40. The zero-order valence-electron chi connectivity index (χ0n) is 12.0. The van der Waals surface area contributed by atoms with Crippen LogP contribution in [0.25, 0.3) is 0 Å². The molecule has 0 heterocycles. The third kappa shape index (κ3) is 3.45. The highest BCUT2D eigenvalue weighted by atomic mass is 16.2. The van der Waals surface area contributed by atoms with Gasteiger partial charge in [0.1, 0.15) is 0 Å². The molecule has 0 atom stereocenters. The van der Waals surface area contributed by atoms with Crippen LogP contribution in [0.3, 0.4) is 0 Å². The summed E-state index contributed by atoms with van der Waals surface area (Å²) in [5, 5.41) is 0. The number of hydrogen-bond acceptors (Lipinski definition) is 2. The van der Waals surface area contributed by atoms with Crippen LogP contribution in [0.15, 0.2) is 67.3 Å². The van der Waals surface area contributed by atoms with E-state index >= 15 is 0 Å². The molecule has 0 saturated carbocycles. The molecule has 3 nitrogen and oxygen atoms in total. The van der Waals surface area contributed by atoms with Crippen LogP contribution in [0.4, 0.5) is 5.69 Å². The van der Waals surface area contributed by atoms with Crippen LogP contribution in [0.5, 0.6) is 0 Å². The van der Waals surface area contributed by atoms with Gasteiger partial charge < -0.3 is 4.90 Å². The van der Waals surface area contributed by atoms with Gasteiger partial charge in [-0.1, -0.05) is 54.1 Å². The van der Waals surface area contributed by atoms with Crippen LogP contribution in [-0.2, 0) is 4.79 Å². The van der Waals surface area contributed by atoms with Crippen molar-refractivity contribution in [2.24, 2.45) is 0 Å². The molecule has 2 rings (SSSR count). The van der Waals surface area contributed by atoms with Gasteiger partial charge in [0.25, 0.3) is 11.7 Å². The van der Waals surface area contributed by atoms with Gasteiger partial charge in [-0.3, -0.25) is 9.59 Å². The quantitative estimate of drug-likeness (QED) is 0.478. The van der Waals surface area contributed by atoms with Crippen molar-refractivity contribution in [1.29, 1.82) is 0 Å². The second-order valence-electron chi connectivity index (χ2n) is 4.74. The van der Waals surface area contributed by atoms with E-state index in [4.69, 9.17) is 0 Å². The van der Waals surface area contributed by atoms with Crippen molar-refractivity contribution < 1.29 is 9.59 Å². The molecule has 106 valence electrons. The SMILES string of the molecule is C=CCN(C(=O)C(=O)c1ccc(C)cc1)c1ccccc1. The van der Waals surface area contributed by atoms with Crippen LogP contribution in [-0.4, -0.2) is 18.2 Å². The Morgan fingerprint density at radius 1 is 1.05 bits per heavy atom. The molecule has 0 aliphatic carbocycles. The van der Waals surface area contributed by atoms with E-state index in [-0.39, 0.29) is 0 Å². The van der Waals surface area contributed by atoms with Crippen LogP contribution in [0.1, 0.15) is 15.9 Å². The van der Waals surface area contributed by atoms with E-state index < -0.39 is 11.7 Å². The number of hydrogen-bond donors (Lipinski definition) is 0. The lowest BCUT2D eigenvalue weighted by atomic mass is 10.1. The normalized spacial score (nSPS) is 9.95. The Morgan fingerprint density at radius 3 is 2.24 bits per heavy atom. The molecule has 0 aliphatic heterocycles. The Kier molecular flexibility index (Phi) is 4.67. The summed E-state index contributed by atoms with van der Waals surface area (Å²) in [6, 6.07) is 16.1. The number of ketones is 1. The molecule has 3 heteroatoms. The van der Waals surface area contributed by atoms with E-state index in [1.165, 1.54) is 4.90 Å². The first kappa shape index (κ1) is 14.7. The zero-order valence-corrected chi connectivity index (χ0v) is 12.0. The molecule has 0 radical (unpaired) electrons. The first-order valence-electron chi connectivity index (χ1n) is 6.72. The summed E-state index contributed by atoms with van der Waals surface area (Å²) in [5.74, 6) is -1.06. The maximum Gasteiger partial charge on any atom is 0.299 e. The number of amides is 1. The summed E-state index contributed by atoms with van der Waals surface area (Å²) in [4.78, 5) is 26.2. The van der Waals surface area contributed by atoms with Gasteiger partial charge in [0.15, 0.2) is 0 Å². The minimum atomic E-state index is -0.551. The third-order valence-electron chi connectivity index (χ3n) is 3.13. The molecule has 0 aromatic heterocycles. The number of anilines is 1. The molecule has 0 saturated heterocycles. The van der Waals surface area contributed by atoms with E-state index in [0.29, 0.717) is 17.8 Å². The fraction of sp³-hybridized carbons (Fsp3) is 0.111. The van der Waals surface area contributed by atoms with Crippen molar-refractivity contribution in [1.82, 2.24) is 0 Å². The van der Waals surface area contributed by atoms with Crippen molar-refractivity contribution in [3.8, 4) is 0 Å². The first-order valence-corrected chi connectivity index (χ1v) is 6.72. The molecular formula is C18H17NO2. The summed E-state index contributed by atoms with van der Waals surface area (Å²) in [7, 11) is 0. The molecule has 1 amide bonds. The Morgan fingerprint density at radius 2 is 1.67 bits per heavy atom. The fourth-order valence-electron chi connectivity index (χ4n) is 1.99. The van der Waals surface area contributed by atoms with E-state index in [0.717, 1.165) is 5.56 Å². The van der Waals surface area contributed by atoms with Crippen molar-refractivity contribution in [2.75, 3.05) is 11.4 Å². The standard InChI is InChI=1S/C18H17NO2/c1-3-13-19(16-7-5-4-6-8-16)18(21)17(20)15-11-9-14(2)10-12-15/h3-12H,1,13H2,2H3.